The quantitative estimate of drug-likeness (QED) is 0.628. The predicted molar refractivity (Wildman–Crippen MR) is 116 cm³/mol. The highest BCUT2D eigenvalue weighted by Crippen LogP contribution is 2.46. The Morgan fingerprint density at radius 1 is 1.18 bits per heavy atom. The first-order valence-electron chi connectivity index (χ1n) is 12.0. The zero-order chi connectivity index (χ0) is 23.2. The fourth-order valence-corrected chi connectivity index (χ4v) is 5.66. The van der Waals surface area contributed by atoms with E-state index in [1.807, 2.05) is 9.80 Å². The summed E-state index contributed by atoms with van der Waals surface area (Å²) in [6, 6.07) is 5.64. The molecule has 0 N–H and O–H groups in total. The summed E-state index contributed by atoms with van der Waals surface area (Å²) < 4.78 is 46.8. The van der Waals surface area contributed by atoms with Gasteiger partial charge in [0.1, 0.15) is 0 Å². The van der Waals surface area contributed by atoms with Gasteiger partial charge in [-0.2, -0.15) is 18.4 Å². The van der Waals surface area contributed by atoms with Crippen LogP contribution in [0.3, 0.4) is 0 Å². The molecular formula is C25H30F3N3O2. The Kier molecular flexibility index (Phi) is 5.80. The maximum absolute atomic E-state index is 13.5. The third kappa shape index (κ3) is 4.44. The summed E-state index contributed by atoms with van der Waals surface area (Å²) in [4.78, 5) is 17.0. The predicted octanol–water partition coefficient (Wildman–Crippen LogP) is 4.46. The number of hydrogen-bond donors (Lipinski definition) is 0. The molecule has 5 rings (SSSR count). The summed E-state index contributed by atoms with van der Waals surface area (Å²) in [6.45, 7) is 3.76. The van der Waals surface area contributed by atoms with Crippen molar-refractivity contribution in [3.05, 3.63) is 29.3 Å². The molecule has 1 aromatic rings. The third-order valence-corrected chi connectivity index (χ3v) is 8.07. The number of alkyl halides is 3. The summed E-state index contributed by atoms with van der Waals surface area (Å²) in [7, 11) is 0. The summed E-state index contributed by atoms with van der Waals surface area (Å²) >= 11 is 0. The number of rotatable bonds is 6. The highest BCUT2D eigenvalue weighted by Gasteiger charge is 2.52. The normalized spacial score (nSPS) is 27.8. The van der Waals surface area contributed by atoms with Gasteiger partial charge < -0.3 is 14.5 Å². The average molecular weight is 462 g/mol. The fourth-order valence-electron chi connectivity index (χ4n) is 5.66. The van der Waals surface area contributed by atoms with E-state index >= 15 is 0 Å². The Morgan fingerprint density at radius 3 is 2.61 bits per heavy atom. The van der Waals surface area contributed by atoms with Crippen molar-refractivity contribution in [3.63, 3.8) is 0 Å². The van der Waals surface area contributed by atoms with E-state index in [0.29, 0.717) is 44.4 Å². The lowest BCUT2D eigenvalue weighted by molar-refractivity contribution is -0.144. The standard InChI is InChI=1S/C25H30F3N3O2/c26-25(27,28)22-10-21(7-6-19(22)11-29)31-12-20-8-9-30(23(32)18-2-1-3-18)14-24(20,15-31)16-33-13-17-4-5-17/h6-7,10,17-18,20H,1-5,8-9,12-16H2/t20-,24+/m0/s1. The van der Waals surface area contributed by atoms with Crippen molar-refractivity contribution in [1.82, 2.24) is 4.90 Å². The molecule has 2 atom stereocenters. The van der Waals surface area contributed by atoms with Crippen LogP contribution in [-0.2, 0) is 15.7 Å². The van der Waals surface area contributed by atoms with E-state index in [1.54, 1.807) is 12.1 Å². The number of hydrogen-bond acceptors (Lipinski definition) is 4. The number of carbonyl (C=O) groups excluding carboxylic acids is 1. The third-order valence-electron chi connectivity index (χ3n) is 8.07. The lowest BCUT2D eigenvalue weighted by atomic mass is 9.73. The number of halogens is 3. The molecule has 2 heterocycles. The largest absolute Gasteiger partial charge is 0.417 e. The summed E-state index contributed by atoms with van der Waals surface area (Å²) in [5.74, 6) is 1.25. The van der Waals surface area contributed by atoms with Gasteiger partial charge in [-0.25, -0.2) is 0 Å². The number of likely N-dealkylation sites (tertiary alicyclic amines) is 1. The molecule has 2 saturated carbocycles. The number of nitriles is 1. The van der Waals surface area contributed by atoms with E-state index in [2.05, 4.69) is 0 Å². The van der Waals surface area contributed by atoms with E-state index in [0.717, 1.165) is 38.4 Å². The van der Waals surface area contributed by atoms with Crippen molar-refractivity contribution in [2.75, 3.05) is 44.3 Å². The molecule has 1 amide bonds. The van der Waals surface area contributed by atoms with Gasteiger partial charge in [-0.15, -0.1) is 0 Å². The number of piperidine rings is 1. The first kappa shape index (κ1) is 22.5. The zero-order valence-corrected chi connectivity index (χ0v) is 18.7. The van der Waals surface area contributed by atoms with Crippen LogP contribution in [0.5, 0.6) is 0 Å². The van der Waals surface area contributed by atoms with Crippen LogP contribution in [0.25, 0.3) is 0 Å². The molecule has 0 radical (unpaired) electrons. The van der Waals surface area contributed by atoms with Crippen molar-refractivity contribution in [3.8, 4) is 6.07 Å². The second-order valence-corrected chi connectivity index (χ2v) is 10.4. The Morgan fingerprint density at radius 2 is 1.97 bits per heavy atom. The van der Waals surface area contributed by atoms with Gasteiger partial charge in [0, 0.05) is 49.8 Å². The first-order chi connectivity index (χ1) is 15.8. The van der Waals surface area contributed by atoms with Gasteiger partial charge in [0.15, 0.2) is 0 Å². The minimum atomic E-state index is -4.58. The molecule has 8 heteroatoms. The number of ether oxygens (including phenoxy) is 1. The van der Waals surface area contributed by atoms with E-state index in [9.17, 15) is 18.0 Å². The molecule has 0 spiro atoms. The van der Waals surface area contributed by atoms with Gasteiger partial charge in [0.2, 0.25) is 5.91 Å². The van der Waals surface area contributed by atoms with Crippen LogP contribution >= 0.6 is 0 Å². The van der Waals surface area contributed by atoms with Crippen molar-refractivity contribution >= 4 is 11.6 Å². The van der Waals surface area contributed by atoms with Crippen LogP contribution in [0, 0.1) is 34.5 Å². The molecule has 2 aliphatic carbocycles. The maximum Gasteiger partial charge on any atom is 0.417 e. The topological polar surface area (TPSA) is 56.6 Å². The molecule has 1 aromatic carbocycles. The monoisotopic (exact) mass is 461 g/mol. The molecule has 2 aliphatic heterocycles. The Bertz CT molecular complexity index is 951. The van der Waals surface area contributed by atoms with Crippen LogP contribution in [0.1, 0.15) is 49.7 Å². The first-order valence-corrected chi connectivity index (χ1v) is 12.0. The summed E-state index contributed by atoms with van der Waals surface area (Å²) in [5.41, 5.74) is -1.05. The molecule has 4 aliphatic rings. The van der Waals surface area contributed by atoms with Gasteiger partial charge >= 0.3 is 6.18 Å². The summed E-state index contributed by atoms with van der Waals surface area (Å²) in [5, 5.41) is 9.13. The van der Waals surface area contributed by atoms with Crippen molar-refractivity contribution in [1.29, 1.82) is 5.26 Å². The van der Waals surface area contributed by atoms with Gasteiger partial charge in [0.05, 0.1) is 23.8 Å². The molecule has 2 saturated heterocycles. The lowest BCUT2D eigenvalue weighted by Crippen LogP contribution is -2.54. The fraction of sp³-hybridized carbons (Fsp3) is 0.680. The van der Waals surface area contributed by atoms with Crippen molar-refractivity contribution < 1.29 is 22.7 Å². The van der Waals surface area contributed by atoms with Crippen molar-refractivity contribution in [2.45, 2.75) is 44.7 Å². The highest BCUT2D eigenvalue weighted by atomic mass is 19.4. The van der Waals surface area contributed by atoms with Gasteiger partial charge in [-0.1, -0.05) is 6.42 Å². The maximum atomic E-state index is 13.5. The van der Waals surface area contributed by atoms with Crippen LogP contribution in [0.15, 0.2) is 18.2 Å². The van der Waals surface area contributed by atoms with E-state index in [1.165, 1.54) is 18.9 Å². The lowest BCUT2D eigenvalue weighted by Gasteiger charge is -2.45. The highest BCUT2D eigenvalue weighted by molar-refractivity contribution is 5.79. The Labute approximate surface area is 192 Å². The molecule has 5 nitrogen and oxygen atoms in total. The van der Waals surface area contributed by atoms with Gasteiger partial charge in [-0.05, 0) is 62.1 Å². The smallest absolute Gasteiger partial charge is 0.380 e. The van der Waals surface area contributed by atoms with E-state index < -0.39 is 11.7 Å². The molecule has 0 unspecified atom stereocenters. The number of amides is 1. The van der Waals surface area contributed by atoms with Gasteiger partial charge in [-0.3, -0.25) is 4.79 Å². The number of nitrogens with zero attached hydrogens (tertiary/aromatic N) is 3. The zero-order valence-electron chi connectivity index (χ0n) is 18.7. The van der Waals surface area contributed by atoms with Crippen molar-refractivity contribution in [2.24, 2.45) is 23.2 Å². The number of anilines is 1. The summed E-state index contributed by atoms with van der Waals surface area (Å²) in [6.07, 6.45) is 1.68. The SMILES string of the molecule is N#Cc1ccc(N2C[C@@H]3CCN(C(=O)C4CCC4)C[C@]3(COCC3CC3)C2)cc1C(F)(F)F. The molecule has 4 fully saturated rings. The average Bonchev–Trinajstić information content (AvgIpc) is 3.49. The second-order valence-electron chi connectivity index (χ2n) is 10.4. The molecular weight excluding hydrogens is 431 g/mol. The molecule has 0 aromatic heterocycles. The van der Waals surface area contributed by atoms with Crippen LogP contribution in [0.4, 0.5) is 18.9 Å². The van der Waals surface area contributed by atoms with E-state index in [-0.39, 0.29) is 28.7 Å². The van der Waals surface area contributed by atoms with Crippen LogP contribution in [0.2, 0.25) is 0 Å². The van der Waals surface area contributed by atoms with E-state index in [4.69, 9.17) is 10.00 Å². The van der Waals surface area contributed by atoms with Gasteiger partial charge in [0.25, 0.3) is 0 Å². The Balaban J connectivity index is 1.38. The number of fused-ring (bicyclic) bond motifs is 1. The van der Waals surface area contributed by atoms with Crippen LogP contribution in [-0.4, -0.2) is 50.2 Å². The molecule has 0 bridgehead atoms. The Hall–Kier alpha value is -2.27. The molecule has 33 heavy (non-hydrogen) atoms. The number of benzene rings is 1. The minimum absolute atomic E-state index is 0.136. The second kappa shape index (κ2) is 8.50. The number of carbonyl (C=O) groups is 1. The minimum Gasteiger partial charge on any atom is -0.380 e. The molecule has 178 valence electrons. The van der Waals surface area contributed by atoms with Crippen LogP contribution < -0.4 is 4.90 Å².